The Morgan fingerprint density at radius 1 is 1.20 bits per heavy atom. The third-order valence-corrected chi connectivity index (χ3v) is 4.20. The summed E-state index contributed by atoms with van der Waals surface area (Å²) in [5.74, 6) is 1.63. The molecular formula is C16H19N3S. The van der Waals surface area contributed by atoms with Crippen LogP contribution in [-0.4, -0.2) is 24.1 Å². The maximum Gasteiger partial charge on any atom is 0.133 e. The molecule has 20 heavy (non-hydrogen) atoms. The quantitative estimate of drug-likeness (QED) is 0.863. The molecule has 0 radical (unpaired) electrons. The fraction of sp³-hybridized carbons (Fsp3) is 0.375. The summed E-state index contributed by atoms with van der Waals surface area (Å²) in [5, 5.41) is 0. The molecule has 4 heteroatoms. The van der Waals surface area contributed by atoms with Gasteiger partial charge in [0, 0.05) is 31.3 Å². The van der Waals surface area contributed by atoms with Crippen LogP contribution >= 0.6 is 12.2 Å². The molecule has 0 spiro atoms. The van der Waals surface area contributed by atoms with Gasteiger partial charge in [0.15, 0.2) is 0 Å². The number of benzene rings is 1. The molecule has 1 fully saturated rings. The predicted octanol–water partition coefficient (Wildman–Crippen LogP) is 4.06. The highest BCUT2D eigenvalue weighted by molar-refractivity contribution is 7.71. The van der Waals surface area contributed by atoms with Gasteiger partial charge in [-0.2, -0.15) is 0 Å². The fourth-order valence-corrected chi connectivity index (χ4v) is 2.52. The van der Waals surface area contributed by atoms with Gasteiger partial charge in [0.1, 0.15) is 10.5 Å². The summed E-state index contributed by atoms with van der Waals surface area (Å²) in [6, 6.07) is 8.53. The normalized spacial score (nSPS) is 14.3. The van der Waals surface area contributed by atoms with E-state index in [1.54, 1.807) is 0 Å². The first-order valence-electron chi connectivity index (χ1n) is 6.95. The molecule has 104 valence electrons. The van der Waals surface area contributed by atoms with Gasteiger partial charge < -0.3 is 9.88 Å². The standard InChI is InChI=1S/C16H19N3S/c1-10-14(11-6-8-13(9-7-11)19(2)3)17-15(12-4-5-12)18-16(10)20/h6-9,12H,4-5H2,1-3H3,(H,17,18,20). The molecule has 3 rings (SSSR count). The van der Waals surface area contributed by atoms with Crippen LogP contribution in [0.5, 0.6) is 0 Å². The Balaban J connectivity index is 2.06. The van der Waals surface area contributed by atoms with Crippen molar-refractivity contribution in [1.82, 2.24) is 9.97 Å². The van der Waals surface area contributed by atoms with Crippen LogP contribution < -0.4 is 4.90 Å². The molecule has 1 heterocycles. The van der Waals surface area contributed by atoms with Crippen LogP contribution in [0.2, 0.25) is 0 Å². The molecule has 1 aliphatic rings. The van der Waals surface area contributed by atoms with E-state index in [4.69, 9.17) is 12.2 Å². The lowest BCUT2D eigenvalue weighted by Crippen LogP contribution is -2.08. The van der Waals surface area contributed by atoms with Gasteiger partial charge in [-0.1, -0.05) is 24.4 Å². The van der Waals surface area contributed by atoms with Gasteiger partial charge in [0.25, 0.3) is 0 Å². The largest absolute Gasteiger partial charge is 0.378 e. The smallest absolute Gasteiger partial charge is 0.133 e. The van der Waals surface area contributed by atoms with Gasteiger partial charge in [0.05, 0.1) is 5.69 Å². The third-order valence-electron chi connectivity index (χ3n) is 3.81. The van der Waals surface area contributed by atoms with Gasteiger partial charge >= 0.3 is 0 Å². The second kappa shape index (κ2) is 5.02. The molecule has 0 amide bonds. The van der Waals surface area contributed by atoms with Crippen LogP contribution in [-0.2, 0) is 0 Å². The van der Waals surface area contributed by atoms with E-state index in [1.165, 1.54) is 24.1 Å². The van der Waals surface area contributed by atoms with Crippen LogP contribution in [0.15, 0.2) is 24.3 Å². The molecule has 0 atom stereocenters. The van der Waals surface area contributed by atoms with Crippen molar-refractivity contribution in [3.63, 3.8) is 0 Å². The summed E-state index contributed by atoms with van der Waals surface area (Å²) < 4.78 is 0.720. The van der Waals surface area contributed by atoms with Crippen LogP contribution in [0, 0.1) is 11.6 Å². The minimum atomic E-state index is 0.581. The van der Waals surface area contributed by atoms with E-state index in [-0.39, 0.29) is 0 Å². The van der Waals surface area contributed by atoms with Crippen molar-refractivity contribution in [3.05, 3.63) is 40.3 Å². The summed E-state index contributed by atoms with van der Waals surface area (Å²) in [5.41, 5.74) is 4.53. The zero-order valence-electron chi connectivity index (χ0n) is 12.1. The second-order valence-electron chi connectivity index (χ2n) is 5.64. The Labute approximate surface area is 124 Å². The Kier molecular flexibility index (Phi) is 3.34. The molecule has 3 nitrogen and oxygen atoms in total. The third kappa shape index (κ3) is 2.48. The molecule has 1 aliphatic carbocycles. The number of hydrogen-bond donors (Lipinski definition) is 1. The van der Waals surface area contributed by atoms with E-state index in [1.807, 2.05) is 21.0 Å². The number of anilines is 1. The Morgan fingerprint density at radius 3 is 2.40 bits per heavy atom. The summed E-state index contributed by atoms with van der Waals surface area (Å²) in [6.45, 7) is 2.04. The Morgan fingerprint density at radius 2 is 1.85 bits per heavy atom. The number of aromatic nitrogens is 2. The van der Waals surface area contributed by atoms with E-state index in [2.05, 4.69) is 39.1 Å². The maximum atomic E-state index is 5.40. The number of hydrogen-bond acceptors (Lipinski definition) is 3. The summed E-state index contributed by atoms with van der Waals surface area (Å²) >= 11 is 5.40. The van der Waals surface area contributed by atoms with Gasteiger partial charge in [-0.3, -0.25) is 0 Å². The van der Waals surface area contributed by atoms with Gasteiger partial charge in [0.2, 0.25) is 0 Å². The molecule has 1 saturated carbocycles. The van der Waals surface area contributed by atoms with E-state index >= 15 is 0 Å². The molecule has 0 bridgehead atoms. The van der Waals surface area contributed by atoms with Gasteiger partial charge in [-0.05, 0) is 37.5 Å². The molecular weight excluding hydrogens is 266 g/mol. The minimum absolute atomic E-state index is 0.581. The maximum absolute atomic E-state index is 5.40. The highest BCUT2D eigenvalue weighted by atomic mass is 32.1. The number of nitrogens with one attached hydrogen (secondary N) is 1. The average Bonchev–Trinajstić information content (AvgIpc) is 3.26. The Bertz CT molecular complexity index is 682. The number of aromatic amines is 1. The second-order valence-corrected chi connectivity index (χ2v) is 6.03. The summed E-state index contributed by atoms with van der Waals surface area (Å²) in [4.78, 5) is 10.1. The van der Waals surface area contributed by atoms with E-state index < -0.39 is 0 Å². The lowest BCUT2D eigenvalue weighted by Gasteiger charge is -2.14. The van der Waals surface area contributed by atoms with E-state index in [0.29, 0.717) is 5.92 Å². The minimum Gasteiger partial charge on any atom is -0.378 e. The average molecular weight is 285 g/mol. The lowest BCUT2D eigenvalue weighted by atomic mass is 10.1. The lowest BCUT2D eigenvalue weighted by molar-refractivity contribution is 0.914. The highest BCUT2D eigenvalue weighted by Gasteiger charge is 2.26. The first-order valence-corrected chi connectivity index (χ1v) is 7.35. The molecule has 2 aromatic rings. The summed E-state index contributed by atoms with van der Waals surface area (Å²) in [7, 11) is 4.09. The summed E-state index contributed by atoms with van der Waals surface area (Å²) in [6.07, 6.45) is 2.45. The van der Waals surface area contributed by atoms with Gasteiger partial charge in [-0.25, -0.2) is 4.98 Å². The molecule has 0 unspecified atom stereocenters. The zero-order valence-corrected chi connectivity index (χ0v) is 12.9. The number of rotatable bonds is 3. The Hall–Kier alpha value is -1.68. The van der Waals surface area contributed by atoms with Crippen molar-refractivity contribution in [2.75, 3.05) is 19.0 Å². The molecule has 1 N–H and O–H groups in total. The first kappa shape index (κ1) is 13.3. The van der Waals surface area contributed by atoms with E-state index in [9.17, 15) is 0 Å². The molecule has 1 aromatic heterocycles. The van der Waals surface area contributed by atoms with Crippen molar-refractivity contribution in [2.24, 2.45) is 0 Å². The topological polar surface area (TPSA) is 31.9 Å². The van der Waals surface area contributed by atoms with Crippen molar-refractivity contribution >= 4 is 17.9 Å². The zero-order chi connectivity index (χ0) is 14.3. The van der Waals surface area contributed by atoms with E-state index in [0.717, 1.165) is 21.7 Å². The molecule has 0 saturated heterocycles. The van der Waals surface area contributed by atoms with Crippen LogP contribution in [0.4, 0.5) is 5.69 Å². The predicted molar refractivity (Wildman–Crippen MR) is 85.9 cm³/mol. The monoisotopic (exact) mass is 285 g/mol. The highest BCUT2D eigenvalue weighted by Crippen LogP contribution is 2.39. The van der Waals surface area contributed by atoms with Crippen molar-refractivity contribution in [2.45, 2.75) is 25.7 Å². The van der Waals surface area contributed by atoms with Crippen LogP contribution in [0.3, 0.4) is 0 Å². The first-order chi connectivity index (χ1) is 9.56. The van der Waals surface area contributed by atoms with Crippen molar-refractivity contribution in [3.8, 4) is 11.3 Å². The van der Waals surface area contributed by atoms with Crippen LogP contribution in [0.25, 0.3) is 11.3 Å². The number of nitrogens with zero attached hydrogens (tertiary/aromatic N) is 2. The van der Waals surface area contributed by atoms with Crippen LogP contribution in [0.1, 0.15) is 30.1 Å². The van der Waals surface area contributed by atoms with Crippen molar-refractivity contribution < 1.29 is 0 Å². The number of H-pyrrole nitrogens is 1. The van der Waals surface area contributed by atoms with Gasteiger partial charge in [-0.15, -0.1) is 0 Å². The SMILES string of the molecule is Cc1c(-c2ccc(N(C)C)cc2)[nH]c(C2CC2)nc1=S. The molecule has 1 aromatic carbocycles. The molecule has 0 aliphatic heterocycles. The fourth-order valence-electron chi connectivity index (χ4n) is 2.31. The van der Waals surface area contributed by atoms with Crippen molar-refractivity contribution in [1.29, 1.82) is 0 Å².